The summed E-state index contributed by atoms with van der Waals surface area (Å²) >= 11 is 0. The lowest BCUT2D eigenvalue weighted by Gasteiger charge is -2.03. The Labute approximate surface area is 60.3 Å². The van der Waals surface area contributed by atoms with E-state index in [2.05, 4.69) is 4.98 Å². The first-order chi connectivity index (χ1) is 5.02. The van der Waals surface area contributed by atoms with Gasteiger partial charge in [0.1, 0.15) is 0 Å². The second-order valence-electron chi connectivity index (χ2n) is 1.85. The highest BCUT2D eigenvalue weighted by Gasteiger charge is 2.36. The van der Waals surface area contributed by atoms with Crippen LogP contribution in [0.15, 0.2) is 18.3 Å². The Balaban J connectivity index is 3.14. The molecular weight excluding hydrogens is 159 g/mol. The van der Waals surface area contributed by atoms with Crippen LogP contribution < -0.4 is 0 Å². The van der Waals surface area contributed by atoms with Crippen molar-refractivity contribution in [3.8, 4) is 5.75 Å². The standard InChI is InChI=1S/C6H3F3NO/c7-6(8,9)5-4(11)2-1-3-10-5/h1-3H. The van der Waals surface area contributed by atoms with E-state index < -0.39 is 17.6 Å². The van der Waals surface area contributed by atoms with Gasteiger partial charge in [-0.3, -0.25) is 5.11 Å². The zero-order valence-electron chi connectivity index (χ0n) is 5.22. The number of hydrogen-bond donors (Lipinski definition) is 0. The molecule has 2 nitrogen and oxygen atoms in total. The summed E-state index contributed by atoms with van der Waals surface area (Å²) in [6, 6.07) is 1.99. The first-order valence-corrected chi connectivity index (χ1v) is 2.71. The predicted octanol–water partition coefficient (Wildman–Crippen LogP) is 2.24. The van der Waals surface area contributed by atoms with Gasteiger partial charge in [-0.2, -0.15) is 13.2 Å². The molecule has 0 N–H and O–H groups in total. The molecule has 1 aromatic heterocycles. The van der Waals surface area contributed by atoms with Gasteiger partial charge in [0.05, 0.1) is 0 Å². The molecule has 0 unspecified atom stereocenters. The van der Waals surface area contributed by atoms with Gasteiger partial charge in [-0.25, -0.2) is 4.98 Å². The van der Waals surface area contributed by atoms with Crippen LogP contribution >= 0.6 is 0 Å². The highest BCUT2D eigenvalue weighted by Crippen LogP contribution is 2.33. The average Bonchev–Trinajstić information content (AvgIpc) is 1.86. The minimum atomic E-state index is -4.64. The molecule has 11 heavy (non-hydrogen) atoms. The molecule has 0 saturated heterocycles. The second kappa shape index (κ2) is 2.41. The number of aromatic nitrogens is 1. The molecule has 0 amide bonds. The van der Waals surface area contributed by atoms with Crippen LogP contribution in [0, 0.1) is 0 Å². The topological polar surface area (TPSA) is 32.8 Å². The fraction of sp³-hybridized carbons (Fsp3) is 0.167. The Hall–Kier alpha value is -1.26. The molecule has 0 aliphatic carbocycles. The van der Waals surface area contributed by atoms with Crippen LogP contribution in [-0.4, -0.2) is 4.98 Å². The van der Waals surface area contributed by atoms with E-state index >= 15 is 0 Å². The Morgan fingerprint density at radius 1 is 1.36 bits per heavy atom. The molecule has 0 aliphatic rings. The van der Waals surface area contributed by atoms with Crippen molar-refractivity contribution in [2.75, 3.05) is 0 Å². The van der Waals surface area contributed by atoms with Crippen molar-refractivity contribution >= 4 is 0 Å². The van der Waals surface area contributed by atoms with E-state index in [1.54, 1.807) is 0 Å². The first kappa shape index (κ1) is 7.84. The molecule has 5 heteroatoms. The number of rotatable bonds is 0. The highest BCUT2D eigenvalue weighted by atomic mass is 19.4. The van der Waals surface area contributed by atoms with Crippen LogP contribution in [0.25, 0.3) is 0 Å². The van der Waals surface area contributed by atoms with Gasteiger partial charge in [-0.15, -0.1) is 0 Å². The molecule has 0 aromatic carbocycles. The fourth-order valence-electron chi connectivity index (χ4n) is 0.603. The number of halogens is 3. The number of pyridine rings is 1. The molecule has 0 aliphatic heterocycles. The molecule has 0 atom stereocenters. The van der Waals surface area contributed by atoms with Gasteiger partial charge in [0.2, 0.25) is 5.75 Å². The summed E-state index contributed by atoms with van der Waals surface area (Å²) in [5.41, 5.74) is -1.36. The second-order valence-corrected chi connectivity index (χ2v) is 1.85. The van der Waals surface area contributed by atoms with E-state index in [9.17, 15) is 18.3 Å². The summed E-state index contributed by atoms with van der Waals surface area (Å²) in [5, 5.41) is 10.5. The lowest BCUT2D eigenvalue weighted by atomic mass is 10.3. The molecule has 1 heterocycles. The quantitative estimate of drug-likeness (QED) is 0.575. The third-order valence-corrected chi connectivity index (χ3v) is 1.04. The zero-order valence-corrected chi connectivity index (χ0v) is 5.22. The molecular formula is C6H3F3NO. The SMILES string of the molecule is [O]c1cccnc1C(F)(F)F. The molecule has 0 spiro atoms. The number of hydrogen-bond acceptors (Lipinski definition) is 1. The summed E-state index contributed by atoms with van der Waals surface area (Å²) in [4.78, 5) is 2.91. The van der Waals surface area contributed by atoms with Gasteiger partial charge in [-0.1, -0.05) is 0 Å². The lowest BCUT2D eigenvalue weighted by molar-refractivity contribution is -0.142. The van der Waals surface area contributed by atoms with E-state index in [0.717, 1.165) is 18.3 Å². The van der Waals surface area contributed by atoms with Crippen LogP contribution in [0.2, 0.25) is 0 Å². The Kier molecular flexibility index (Phi) is 1.72. The summed E-state index contributed by atoms with van der Waals surface area (Å²) in [5.74, 6) is -1.10. The Morgan fingerprint density at radius 3 is 2.36 bits per heavy atom. The van der Waals surface area contributed by atoms with Crippen molar-refractivity contribution in [1.29, 1.82) is 0 Å². The number of nitrogens with zero attached hydrogens (tertiary/aromatic N) is 1. The van der Waals surface area contributed by atoms with Crippen molar-refractivity contribution < 1.29 is 18.3 Å². The fourth-order valence-corrected chi connectivity index (χ4v) is 0.603. The minimum absolute atomic E-state index is 0.829. The molecule has 1 radical (unpaired) electrons. The van der Waals surface area contributed by atoms with E-state index in [1.807, 2.05) is 0 Å². The maximum atomic E-state index is 11.8. The van der Waals surface area contributed by atoms with Gasteiger partial charge in [0.15, 0.2) is 5.69 Å². The van der Waals surface area contributed by atoms with Gasteiger partial charge in [-0.05, 0) is 12.1 Å². The van der Waals surface area contributed by atoms with E-state index in [0.29, 0.717) is 0 Å². The Bertz CT molecular complexity index is 258. The smallest absolute Gasteiger partial charge is 0.288 e. The predicted molar refractivity (Wildman–Crippen MR) is 29.4 cm³/mol. The van der Waals surface area contributed by atoms with Gasteiger partial charge < -0.3 is 0 Å². The third-order valence-electron chi connectivity index (χ3n) is 1.04. The van der Waals surface area contributed by atoms with Gasteiger partial charge in [0, 0.05) is 6.20 Å². The van der Waals surface area contributed by atoms with Crippen LogP contribution in [0.5, 0.6) is 5.75 Å². The normalized spacial score (nSPS) is 11.5. The molecule has 1 rings (SSSR count). The number of alkyl halides is 3. The van der Waals surface area contributed by atoms with Crippen molar-refractivity contribution in [2.24, 2.45) is 0 Å². The average molecular weight is 162 g/mol. The van der Waals surface area contributed by atoms with Gasteiger partial charge >= 0.3 is 6.18 Å². The van der Waals surface area contributed by atoms with Crippen molar-refractivity contribution in [3.05, 3.63) is 24.0 Å². The van der Waals surface area contributed by atoms with Crippen molar-refractivity contribution in [1.82, 2.24) is 4.98 Å². The molecule has 0 saturated carbocycles. The van der Waals surface area contributed by atoms with E-state index in [1.165, 1.54) is 0 Å². The first-order valence-electron chi connectivity index (χ1n) is 2.71. The molecule has 0 bridgehead atoms. The van der Waals surface area contributed by atoms with Crippen molar-refractivity contribution in [3.63, 3.8) is 0 Å². The minimum Gasteiger partial charge on any atom is -0.288 e. The molecule has 1 aromatic rings. The van der Waals surface area contributed by atoms with Crippen LogP contribution in [0.3, 0.4) is 0 Å². The van der Waals surface area contributed by atoms with Crippen LogP contribution in [-0.2, 0) is 11.3 Å². The summed E-state index contributed by atoms with van der Waals surface area (Å²) in [6.45, 7) is 0. The Morgan fingerprint density at radius 2 is 2.00 bits per heavy atom. The highest BCUT2D eigenvalue weighted by molar-refractivity contribution is 5.26. The molecule has 0 fully saturated rings. The van der Waals surface area contributed by atoms with E-state index in [4.69, 9.17) is 0 Å². The maximum absolute atomic E-state index is 11.8. The monoisotopic (exact) mass is 162 g/mol. The lowest BCUT2D eigenvalue weighted by Crippen LogP contribution is -2.07. The zero-order chi connectivity index (χ0) is 8.48. The van der Waals surface area contributed by atoms with Crippen LogP contribution in [0.4, 0.5) is 13.2 Å². The largest absolute Gasteiger partial charge is 0.437 e. The van der Waals surface area contributed by atoms with Crippen LogP contribution in [0.1, 0.15) is 5.69 Å². The maximum Gasteiger partial charge on any atom is 0.437 e. The summed E-state index contributed by atoms with van der Waals surface area (Å²) in [7, 11) is 0. The van der Waals surface area contributed by atoms with Crippen molar-refractivity contribution in [2.45, 2.75) is 6.18 Å². The third kappa shape index (κ3) is 1.60. The molecule has 59 valence electrons. The van der Waals surface area contributed by atoms with E-state index in [-0.39, 0.29) is 0 Å². The van der Waals surface area contributed by atoms with Gasteiger partial charge in [0.25, 0.3) is 0 Å². The summed E-state index contributed by atoms with van der Waals surface area (Å²) < 4.78 is 35.4. The summed E-state index contributed by atoms with van der Waals surface area (Å²) in [6.07, 6.45) is -3.71.